The highest BCUT2D eigenvalue weighted by molar-refractivity contribution is 8.01. The van der Waals surface area contributed by atoms with E-state index in [1.165, 1.54) is 23.1 Å². The predicted molar refractivity (Wildman–Crippen MR) is 72.6 cm³/mol. The molecule has 6 heteroatoms. The van der Waals surface area contributed by atoms with Crippen molar-refractivity contribution in [3.8, 4) is 0 Å². The number of aryl methyl sites for hydroxylation is 1. The fourth-order valence-corrected chi connectivity index (χ4v) is 3.29. The summed E-state index contributed by atoms with van der Waals surface area (Å²) in [4.78, 5) is 1.02. The number of hydrogen-bond donors (Lipinski definition) is 1. The maximum Gasteiger partial charge on any atom is 0.178 e. The van der Waals surface area contributed by atoms with E-state index < -0.39 is 0 Å². The molecule has 0 aliphatic heterocycles. The van der Waals surface area contributed by atoms with E-state index in [0.29, 0.717) is 5.56 Å². The summed E-state index contributed by atoms with van der Waals surface area (Å²) >= 11 is 3.01. The first-order chi connectivity index (χ1) is 8.61. The molecule has 3 nitrogen and oxygen atoms in total. The van der Waals surface area contributed by atoms with Crippen LogP contribution in [0.5, 0.6) is 0 Å². The number of aromatic nitrogens is 2. The Morgan fingerprint density at radius 2 is 2.22 bits per heavy atom. The number of nitrogens with one attached hydrogen (secondary N) is 1. The topological polar surface area (TPSA) is 37.8 Å². The van der Waals surface area contributed by atoms with Crippen LogP contribution in [0.1, 0.15) is 24.1 Å². The van der Waals surface area contributed by atoms with Crippen LogP contribution >= 0.6 is 23.1 Å². The van der Waals surface area contributed by atoms with E-state index in [0.717, 1.165) is 14.8 Å². The van der Waals surface area contributed by atoms with Gasteiger partial charge in [-0.05, 0) is 44.2 Å². The maximum absolute atomic E-state index is 13.7. The van der Waals surface area contributed by atoms with Crippen molar-refractivity contribution in [2.45, 2.75) is 29.1 Å². The van der Waals surface area contributed by atoms with E-state index in [1.54, 1.807) is 18.5 Å². The van der Waals surface area contributed by atoms with Crippen molar-refractivity contribution in [1.29, 1.82) is 0 Å². The Morgan fingerprint density at radius 1 is 1.44 bits per heavy atom. The first-order valence-electron chi connectivity index (χ1n) is 5.53. The van der Waals surface area contributed by atoms with Crippen LogP contribution in [0, 0.1) is 12.7 Å². The zero-order valence-electron chi connectivity index (χ0n) is 10.4. The van der Waals surface area contributed by atoms with Gasteiger partial charge in [-0.25, -0.2) is 4.39 Å². The zero-order valence-corrected chi connectivity index (χ0v) is 12.0. The number of rotatable bonds is 4. The van der Waals surface area contributed by atoms with Crippen LogP contribution in [0.4, 0.5) is 4.39 Å². The van der Waals surface area contributed by atoms with E-state index in [9.17, 15) is 4.39 Å². The Hall–Kier alpha value is -0.980. The van der Waals surface area contributed by atoms with Gasteiger partial charge in [0.15, 0.2) is 4.34 Å². The average molecular weight is 283 g/mol. The van der Waals surface area contributed by atoms with Crippen LogP contribution in [0.15, 0.2) is 26.9 Å². The van der Waals surface area contributed by atoms with Crippen molar-refractivity contribution >= 4 is 23.1 Å². The summed E-state index contributed by atoms with van der Waals surface area (Å²) in [6.07, 6.45) is 0. The van der Waals surface area contributed by atoms with Crippen LogP contribution < -0.4 is 5.32 Å². The molecule has 2 aromatic rings. The lowest BCUT2D eigenvalue weighted by Crippen LogP contribution is -2.13. The maximum atomic E-state index is 13.7. The molecule has 0 saturated carbocycles. The second kappa shape index (κ2) is 5.77. The number of halogens is 1. The summed E-state index contributed by atoms with van der Waals surface area (Å²) in [5.74, 6) is -0.172. The molecule has 0 aliphatic rings. The molecule has 1 atom stereocenters. The van der Waals surface area contributed by atoms with Gasteiger partial charge < -0.3 is 5.32 Å². The van der Waals surface area contributed by atoms with Crippen molar-refractivity contribution in [2.24, 2.45) is 0 Å². The highest BCUT2D eigenvalue weighted by Gasteiger charge is 2.14. The summed E-state index contributed by atoms with van der Waals surface area (Å²) < 4.78 is 14.5. The van der Waals surface area contributed by atoms with E-state index in [2.05, 4.69) is 15.5 Å². The molecule has 0 amide bonds. The molecule has 96 valence electrons. The smallest absolute Gasteiger partial charge is 0.178 e. The fraction of sp³-hybridized carbons (Fsp3) is 0.333. The third-order valence-corrected chi connectivity index (χ3v) is 4.58. The van der Waals surface area contributed by atoms with Gasteiger partial charge in [0.25, 0.3) is 0 Å². The normalized spacial score (nSPS) is 12.7. The molecule has 0 spiro atoms. The van der Waals surface area contributed by atoms with Crippen molar-refractivity contribution in [3.63, 3.8) is 0 Å². The van der Waals surface area contributed by atoms with Gasteiger partial charge in [-0.1, -0.05) is 23.1 Å². The SMILES string of the molecule is CNC(C)c1cc(F)c(C)cc1Sc1nncs1. The lowest BCUT2D eigenvalue weighted by molar-refractivity contribution is 0.594. The highest BCUT2D eigenvalue weighted by Crippen LogP contribution is 2.35. The molecule has 2 rings (SSSR count). The minimum Gasteiger partial charge on any atom is -0.313 e. The van der Waals surface area contributed by atoms with Gasteiger partial charge in [-0.3, -0.25) is 0 Å². The number of hydrogen-bond acceptors (Lipinski definition) is 5. The first kappa shape index (κ1) is 13.5. The fourth-order valence-electron chi connectivity index (χ4n) is 1.55. The molecule has 1 heterocycles. The number of nitrogens with zero attached hydrogens (tertiary/aromatic N) is 2. The van der Waals surface area contributed by atoms with Gasteiger partial charge >= 0.3 is 0 Å². The Labute approximate surface area is 114 Å². The van der Waals surface area contributed by atoms with Crippen molar-refractivity contribution < 1.29 is 4.39 Å². The van der Waals surface area contributed by atoms with Gasteiger partial charge in [-0.15, -0.1) is 10.2 Å². The van der Waals surface area contributed by atoms with Crippen LogP contribution in [0.25, 0.3) is 0 Å². The van der Waals surface area contributed by atoms with Crippen molar-refractivity contribution in [2.75, 3.05) is 7.05 Å². The average Bonchev–Trinajstić information content (AvgIpc) is 2.85. The molecule has 0 radical (unpaired) electrons. The minimum atomic E-state index is -0.172. The third-order valence-electron chi connectivity index (χ3n) is 2.73. The Morgan fingerprint density at radius 3 is 2.83 bits per heavy atom. The molecule has 1 aromatic carbocycles. The molecule has 0 aliphatic carbocycles. The Bertz CT molecular complexity index is 528. The lowest BCUT2D eigenvalue weighted by atomic mass is 10.1. The van der Waals surface area contributed by atoms with Gasteiger partial charge in [0.05, 0.1) is 0 Å². The highest BCUT2D eigenvalue weighted by atomic mass is 32.2. The molecular weight excluding hydrogens is 269 g/mol. The molecule has 0 fully saturated rings. The largest absolute Gasteiger partial charge is 0.313 e. The molecule has 0 bridgehead atoms. The number of benzene rings is 1. The third kappa shape index (κ3) is 2.88. The Balaban J connectivity index is 2.40. The zero-order chi connectivity index (χ0) is 13.1. The molecule has 0 saturated heterocycles. The minimum absolute atomic E-state index is 0.0931. The second-order valence-electron chi connectivity index (χ2n) is 3.96. The van der Waals surface area contributed by atoms with E-state index in [-0.39, 0.29) is 11.9 Å². The molecular formula is C12H14FN3S2. The summed E-state index contributed by atoms with van der Waals surface area (Å²) in [7, 11) is 1.86. The van der Waals surface area contributed by atoms with Crippen molar-refractivity contribution in [1.82, 2.24) is 15.5 Å². The predicted octanol–water partition coefficient (Wildman–Crippen LogP) is 3.42. The molecule has 1 aromatic heterocycles. The van der Waals surface area contributed by atoms with Gasteiger partial charge in [0.2, 0.25) is 0 Å². The summed E-state index contributed by atoms with van der Waals surface area (Å²) in [5, 5.41) is 11.0. The summed E-state index contributed by atoms with van der Waals surface area (Å²) in [6, 6.07) is 3.56. The first-order valence-corrected chi connectivity index (χ1v) is 7.22. The Kier molecular flexibility index (Phi) is 4.31. The van der Waals surface area contributed by atoms with Crippen LogP contribution in [-0.2, 0) is 0 Å². The monoisotopic (exact) mass is 283 g/mol. The van der Waals surface area contributed by atoms with Gasteiger partial charge in [-0.2, -0.15) is 0 Å². The van der Waals surface area contributed by atoms with Gasteiger partial charge in [0.1, 0.15) is 11.3 Å². The summed E-state index contributed by atoms with van der Waals surface area (Å²) in [6.45, 7) is 3.78. The standard InChI is InChI=1S/C12H14FN3S2/c1-7-4-11(18-12-16-15-6-17-12)9(5-10(7)13)8(2)14-3/h4-6,8,14H,1-3H3. The molecule has 1 unspecified atom stereocenters. The second-order valence-corrected chi connectivity index (χ2v) is 6.08. The van der Waals surface area contributed by atoms with Crippen LogP contribution in [0.2, 0.25) is 0 Å². The van der Waals surface area contributed by atoms with Gasteiger partial charge in [0, 0.05) is 10.9 Å². The molecule has 1 N–H and O–H groups in total. The van der Waals surface area contributed by atoms with E-state index >= 15 is 0 Å². The van der Waals surface area contributed by atoms with E-state index in [4.69, 9.17) is 0 Å². The molecule has 18 heavy (non-hydrogen) atoms. The van der Waals surface area contributed by atoms with E-state index in [1.807, 2.05) is 20.0 Å². The summed E-state index contributed by atoms with van der Waals surface area (Å²) in [5.41, 5.74) is 3.29. The van der Waals surface area contributed by atoms with Crippen LogP contribution in [-0.4, -0.2) is 17.2 Å². The quantitative estimate of drug-likeness (QED) is 0.933. The lowest BCUT2D eigenvalue weighted by Gasteiger charge is -2.16. The van der Waals surface area contributed by atoms with Crippen molar-refractivity contribution in [3.05, 3.63) is 34.6 Å². The van der Waals surface area contributed by atoms with Crippen LogP contribution in [0.3, 0.4) is 0 Å².